The summed E-state index contributed by atoms with van der Waals surface area (Å²) in [4.78, 5) is 69.7. The van der Waals surface area contributed by atoms with Gasteiger partial charge in [0.05, 0.1) is 13.2 Å². The lowest BCUT2D eigenvalue weighted by Gasteiger charge is -2.19. The highest BCUT2D eigenvalue weighted by Gasteiger charge is 2.46. The number of carbonyl (C=O) groups is 1. The number of aromatic nitrogens is 2. The number of hydrogen-bond acceptors (Lipinski definition) is 16. The Morgan fingerprint density at radius 2 is 1.62 bits per heavy atom. The van der Waals surface area contributed by atoms with Gasteiger partial charge in [0.2, 0.25) is 0 Å². The largest absolute Gasteiger partial charge is 0.490 e. The molecule has 1 fully saturated rings. The molecule has 5 unspecified atom stereocenters. The van der Waals surface area contributed by atoms with E-state index in [0.29, 0.717) is 4.57 Å². The van der Waals surface area contributed by atoms with Gasteiger partial charge in [-0.2, -0.15) is 8.62 Å². The Bertz CT molecular complexity index is 1210. The van der Waals surface area contributed by atoms with E-state index in [-0.39, 0.29) is 6.29 Å². The minimum atomic E-state index is -5.73. The van der Waals surface area contributed by atoms with Crippen LogP contribution in [0.1, 0.15) is 6.23 Å². The number of aliphatic hydroxyl groups excluding tert-OH is 6. The predicted octanol–water partition coefficient (Wildman–Crippen LogP) is -5.24. The van der Waals surface area contributed by atoms with Gasteiger partial charge in [-0.05, 0) is 0 Å². The van der Waals surface area contributed by atoms with Gasteiger partial charge in [-0.25, -0.2) is 18.5 Å². The number of rotatable bonds is 12. The normalized spacial score (nSPS) is 26.8. The number of nitrogens with zero attached hydrogens (tertiary/aromatic N) is 1. The van der Waals surface area contributed by atoms with E-state index in [4.69, 9.17) is 39.8 Å². The Morgan fingerprint density at radius 3 is 2.10 bits per heavy atom. The Kier molecular flexibility index (Phi) is 13.1. The highest BCUT2D eigenvalue weighted by Crippen LogP contribution is 2.66. The number of carbonyl (C=O) groups excluding carboxylic acids is 1. The molecule has 1 aliphatic rings. The molecule has 25 heteroatoms. The van der Waals surface area contributed by atoms with Crippen LogP contribution in [0, 0.1) is 0 Å². The van der Waals surface area contributed by atoms with Gasteiger partial charge < -0.3 is 59.7 Å². The maximum atomic E-state index is 11.7. The second-order valence-corrected chi connectivity index (χ2v) is 11.7. The van der Waals surface area contributed by atoms with Crippen molar-refractivity contribution < 1.29 is 86.6 Å². The third kappa shape index (κ3) is 11.5. The Hall–Kier alpha value is -1.52. The number of nitrogens with one attached hydrogen (secondary N) is 1. The molecular formula is C14H25N2O20P3. The lowest BCUT2D eigenvalue weighted by atomic mass is 10.1. The van der Waals surface area contributed by atoms with Gasteiger partial charge in [-0.15, -0.1) is 0 Å². The summed E-state index contributed by atoms with van der Waals surface area (Å²) in [6.45, 7) is -1.73. The van der Waals surface area contributed by atoms with Crippen LogP contribution in [0.25, 0.3) is 0 Å². The molecule has 11 N–H and O–H groups in total. The van der Waals surface area contributed by atoms with Crippen molar-refractivity contribution in [3.05, 3.63) is 33.1 Å². The fourth-order valence-corrected chi connectivity index (χ4v) is 5.64. The molecule has 1 aliphatic heterocycles. The summed E-state index contributed by atoms with van der Waals surface area (Å²) < 4.78 is 50.6. The average Bonchev–Trinajstić information content (AvgIpc) is 3.07. The van der Waals surface area contributed by atoms with Crippen molar-refractivity contribution >= 4 is 29.8 Å². The van der Waals surface area contributed by atoms with Crippen molar-refractivity contribution in [2.45, 2.75) is 42.9 Å². The van der Waals surface area contributed by atoms with E-state index in [1.54, 1.807) is 0 Å². The van der Waals surface area contributed by atoms with Crippen LogP contribution in [0.4, 0.5) is 0 Å². The van der Waals surface area contributed by atoms with Crippen LogP contribution in [0.15, 0.2) is 21.9 Å². The molecule has 2 heterocycles. The van der Waals surface area contributed by atoms with Crippen LogP contribution in [-0.2, 0) is 36.4 Å². The number of phosphoric ester groups is 1. The summed E-state index contributed by atoms with van der Waals surface area (Å²) in [6, 6.07) is 0.920. The topological polar surface area (TPSA) is 362 Å². The fourth-order valence-electron chi connectivity index (χ4n) is 2.61. The monoisotopic (exact) mass is 634 g/mol. The van der Waals surface area contributed by atoms with E-state index in [0.717, 1.165) is 12.3 Å². The van der Waals surface area contributed by atoms with E-state index >= 15 is 0 Å². The van der Waals surface area contributed by atoms with Gasteiger partial charge in [0.25, 0.3) is 5.56 Å². The van der Waals surface area contributed by atoms with Gasteiger partial charge in [-0.1, -0.05) is 0 Å². The number of aromatic amines is 1. The van der Waals surface area contributed by atoms with Gasteiger partial charge in [0, 0.05) is 12.3 Å². The molecule has 0 saturated carbocycles. The molecule has 1 aromatic heterocycles. The van der Waals surface area contributed by atoms with Crippen LogP contribution in [0.2, 0.25) is 0 Å². The molecule has 9 atom stereocenters. The molecular weight excluding hydrogens is 609 g/mol. The second kappa shape index (κ2) is 14.4. The third-order valence-electron chi connectivity index (χ3n) is 4.35. The molecule has 39 heavy (non-hydrogen) atoms. The van der Waals surface area contributed by atoms with Crippen molar-refractivity contribution in [3.63, 3.8) is 0 Å². The number of hydrogen-bond donors (Lipinski definition) is 11. The van der Waals surface area contributed by atoms with Gasteiger partial charge in [-0.3, -0.25) is 18.9 Å². The highest BCUT2D eigenvalue weighted by molar-refractivity contribution is 7.66. The van der Waals surface area contributed by atoms with Crippen molar-refractivity contribution in [2.24, 2.45) is 0 Å². The zero-order valence-corrected chi connectivity index (χ0v) is 21.7. The molecule has 0 aliphatic carbocycles. The number of aldehydes is 1. The summed E-state index contributed by atoms with van der Waals surface area (Å²) in [5, 5.41) is 54.0. The van der Waals surface area contributed by atoms with E-state index in [2.05, 4.69) is 13.1 Å². The standard InChI is InChI=1S/C9H15N2O15P3.C5H10O5/c12-5-1-2-11(9(15)10-5)8-7(14)6(13)4(24-8)3-23-28(19,20)26-29(21,22)25-27(16,17)18;6-1-3(8)5(10)4(9)2-7/h1-2,4,6-8,13-14H,3H2,(H,19,20)(H,21,22)(H,10,12,15)(H2,16,17,18);1,3-5,7-10H,2H2/t4-,6-,7-,8-;/m1./s1. The van der Waals surface area contributed by atoms with E-state index < -0.39 is 90.8 Å². The van der Waals surface area contributed by atoms with Crippen molar-refractivity contribution in [2.75, 3.05) is 13.2 Å². The van der Waals surface area contributed by atoms with Crippen LogP contribution >= 0.6 is 23.5 Å². The summed E-state index contributed by atoms with van der Waals surface area (Å²) in [5.41, 5.74) is -1.74. The summed E-state index contributed by atoms with van der Waals surface area (Å²) in [7, 11) is -16.8. The molecule has 1 saturated heterocycles. The SMILES string of the molecule is O=CC(O)C(O)C(O)CO.O=c1ccn([C@@H]2O[C@H](COP(=O)(O)OP(=O)(O)OP(=O)(O)O)[C@@H](O)[C@H]2O)c(=O)[nH]1. The first kappa shape index (κ1) is 35.5. The molecule has 0 bridgehead atoms. The molecule has 2 rings (SSSR count). The smallest absolute Gasteiger partial charge is 0.394 e. The first-order chi connectivity index (χ1) is 17.7. The number of aliphatic hydroxyl groups is 6. The zero-order chi connectivity index (χ0) is 30.3. The molecule has 226 valence electrons. The number of phosphoric acid groups is 3. The summed E-state index contributed by atoms with van der Waals surface area (Å²) in [6.07, 6.45) is -10.3. The number of H-pyrrole nitrogens is 1. The first-order valence-corrected chi connectivity index (χ1v) is 14.5. The molecule has 0 radical (unpaired) electrons. The molecule has 0 spiro atoms. The second-order valence-electron chi connectivity index (χ2n) is 7.32. The molecule has 22 nitrogen and oxygen atoms in total. The minimum Gasteiger partial charge on any atom is -0.394 e. The molecule has 0 amide bonds. The summed E-state index contributed by atoms with van der Waals surface area (Å²) in [5.74, 6) is 0. The average molecular weight is 634 g/mol. The van der Waals surface area contributed by atoms with Crippen molar-refractivity contribution in [3.8, 4) is 0 Å². The fraction of sp³-hybridized carbons (Fsp3) is 0.643. The molecule has 1 aromatic rings. The zero-order valence-electron chi connectivity index (χ0n) is 19.0. The van der Waals surface area contributed by atoms with Crippen LogP contribution in [-0.4, -0.2) is 116 Å². The Balaban J connectivity index is 0.000000646. The Labute approximate surface area is 215 Å². The van der Waals surface area contributed by atoms with Gasteiger partial charge in [0.1, 0.15) is 36.6 Å². The van der Waals surface area contributed by atoms with E-state index in [9.17, 15) is 43.2 Å². The van der Waals surface area contributed by atoms with Crippen LogP contribution in [0.3, 0.4) is 0 Å². The highest BCUT2D eigenvalue weighted by atomic mass is 31.3. The van der Waals surface area contributed by atoms with Gasteiger partial charge >= 0.3 is 29.2 Å². The number of ether oxygens (including phenoxy) is 1. The first-order valence-electron chi connectivity index (χ1n) is 9.95. The molecule has 0 aromatic carbocycles. The third-order valence-corrected chi connectivity index (χ3v) is 8.15. The van der Waals surface area contributed by atoms with Crippen molar-refractivity contribution in [1.82, 2.24) is 9.55 Å². The van der Waals surface area contributed by atoms with Crippen LogP contribution < -0.4 is 11.2 Å². The predicted molar refractivity (Wildman–Crippen MR) is 118 cm³/mol. The minimum absolute atomic E-state index is 0.0869. The van der Waals surface area contributed by atoms with Crippen LogP contribution in [0.5, 0.6) is 0 Å². The maximum Gasteiger partial charge on any atom is 0.490 e. The van der Waals surface area contributed by atoms with E-state index in [1.165, 1.54) is 0 Å². The van der Waals surface area contributed by atoms with Crippen molar-refractivity contribution in [1.29, 1.82) is 0 Å². The van der Waals surface area contributed by atoms with E-state index in [1.807, 2.05) is 4.98 Å². The Morgan fingerprint density at radius 1 is 1.03 bits per heavy atom. The van der Waals surface area contributed by atoms with Gasteiger partial charge in [0.15, 0.2) is 12.5 Å². The lowest BCUT2D eigenvalue weighted by molar-refractivity contribution is -0.127. The lowest BCUT2D eigenvalue weighted by Crippen LogP contribution is -2.40. The summed E-state index contributed by atoms with van der Waals surface area (Å²) >= 11 is 0. The quantitative estimate of drug-likeness (QED) is 0.0755. The maximum absolute atomic E-state index is 11.7.